The number of nitrogens with zero attached hydrogens (tertiary/aromatic N) is 1. The Labute approximate surface area is 172 Å². The van der Waals surface area contributed by atoms with Crippen molar-refractivity contribution in [3.05, 3.63) is 100 Å². The lowest BCUT2D eigenvalue weighted by atomic mass is 10.0. The summed E-state index contributed by atoms with van der Waals surface area (Å²) in [6, 6.07) is 22.9. The number of hydrogen-bond donors (Lipinski definition) is 2. The van der Waals surface area contributed by atoms with Crippen LogP contribution in [0.5, 0.6) is 0 Å². The first-order valence-electron chi connectivity index (χ1n) is 9.17. The predicted octanol–water partition coefficient (Wildman–Crippen LogP) is 5.05. The summed E-state index contributed by atoms with van der Waals surface area (Å²) in [6.45, 7) is 0.341. The summed E-state index contributed by atoms with van der Waals surface area (Å²) in [4.78, 5) is 18.4. The molecule has 0 spiro atoms. The van der Waals surface area contributed by atoms with E-state index in [9.17, 15) is 4.79 Å². The average molecular weight is 402 g/mol. The summed E-state index contributed by atoms with van der Waals surface area (Å²) in [5.41, 5.74) is 6.00. The second kappa shape index (κ2) is 7.11. The van der Waals surface area contributed by atoms with Gasteiger partial charge in [-0.1, -0.05) is 71.4 Å². The molecule has 29 heavy (non-hydrogen) atoms. The Morgan fingerprint density at radius 1 is 0.862 bits per heavy atom. The molecule has 6 heteroatoms. The van der Waals surface area contributed by atoms with Gasteiger partial charge < -0.3 is 15.5 Å². The van der Waals surface area contributed by atoms with E-state index < -0.39 is 0 Å². The van der Waals surface area contributed by atoms with Gasteiger partial charge in [0.15, 0.2) is 0 Å². The molecule has 3 aromatic carbocycles. The number of hydrogen-bond acceptors (Lipinski definition) is 4. The van der Waals surface area contributed by atoms with E-state index in [-0.39, 0.29) is 5.91 Å². The smallest absolute Gasteiger partial charge is 0.258 e. The second-order valence-corrected chi connectivity index (χ2v) is 7.20. The molecule has 2 N–H and O–H groups in total. The maximum atomic E-state index is 12.8. The van der Waals surface area contributed by atoms with E-state index >= 15 is 0 Å². The zero-order chi connectivity index (χ0) is 19.8. The number of halogens is 1. The van der Waals surface area contributed by atoms with Crippen LogP contribution in [0.3, 0.4) is 0 Å². The van der Waals surface area contributed by atoms with Crippen LogP contribution in [-0.2, 0) is 16.2 Å². The molecule has 0 radical (unpaired) electrons. The molecule has 2 aliphatic rings. The van der Waals surface area contributed by atoms with Crippen molar-refractivity contribution < 1.29 is 9.63 Å². The highest BCUT2D eigenvalue weighted by Gasteiger charge is 2.34. The van der Waals surface area contributed by atoms with Crippen LogP contribution in [-0.4, -0.2) is 11.6 Å². The lowest BCUT2D eigenvalue weighted by Crippen LogP contribution is -2.12. The Balaban J connectivity index is 1.58. The lowest BCUT2D eigenvalue weighted by molar-refractivity contribution is -0.110. The van der Waals surface area contributed by atoms with Crippen molar-refractivity contribution in [3.63, 3.8) is 0 Å². The minimum atomic E-state index is -0.201. The second-order valence-electron chi connectivity index (χ2n) is 6.76. The molecule has 0 fully saturated rings. The number of fused-ring (bicyclic) bond motifs is 2. The minimum Gasteiger partial charge on any atom is -0.390 e. The molecule has 0 bridgehead atoms. The Kier molecular flexibility index (Phi) is 4.30. The van der Waals surface area contributed by atoms with E-state index in [4.69, 9.17) is 16.4 Å². The Bertz CT molecular complexity index is 1190. The van der Waals surface area contributed by atoms with Crippen molar-refractivity contribution >= 4 is 40.2 Å². The highest BCUT2D eigenvalue weighted by atomic mass is 35.5. The number of carbonyl (C=O) groups excluding carboxylic acids is 1. The molecule has 5 nitrogen and oxygen atoms in total. The van der Waals surface area contributed by atoms with Crippen LogP contribution in [0.15, 0.2) is 83.6 Å². The highest BCUT2D eigenvalue weighted by molar-refractivity contribution is 6.40. The minimum absolute atomic E-state index is 0.201. The summed E-state index contributed by atoms with van der Waals surface area (Å²) < 4.78 is 0. The number of anilines is 2. The summed E-state index contributed by atoms with van der Waals surface area (Å²) in [6.07, 6.45) is 0. The molecule has 0 atom stereocenters. The molecular formula is C23H16ClN3O2. The topological polar surface area (TPSA) is 62.7 Å². The SMILES string of the molecule is O=C1Nc2cc(Cl)ccc2/C1=C1/Nc2ccccc2/C1=N\OCc1ccccc1. The van der Waals surface area contributed by atoms with Crippen LogP contribution in [0.2, 0.25) is 5.02 Å². The standard InChI is InChI=1S/C23H16ClN3O2/c24-15-10-11-16-19(12-15)26-23(28)20(16)22-21(17-8-4-5-9-18(17)25-22)27-29-13-14-6-2-1-3-7-14/h1-12,25H,13H2,(H,26,28)/b22-20-,27-21+. The number of oxime groups is 1. The van der Waals surface area contributed by atoms with Crippen molar-refractivity contribution in [1.29, 1.82) is 0 Å². The number of para-hydroxylation sites is 1. The molecule has 1 amide bonds. The zero-order valence-electron chi connectivity index (χ0n) is 15.3. The average Bonchev–Trinajstić information content (AvgIpc) is 3.25. The van der Waals surface area contributed by atoms with Crippen molar-refractivity contribution in [2.24, 2.45) is 5.16 Å². The van der Waals surface area contributed by atoms with Crippen LogP contribution in [0, 0.1) is 0 Å². The maximum Gasteiger partial charge on any atom is 0.258 e. The highest BCUT2D eigenvalue weighted by Crippen LogP contribution is 2.40. The summed E-state index contributed by atoms with van der Waals surface area (Å²) in [5.74, 6) is -0.201. The van der Waals surface area contributed by atoms with Gasteiger partial charge in [0.25, 0.3) is 5.91 Å². The molecule has 2 aliphatic heterocycles. The van der Waals surface area contributed by atoms with Crippen LogP contribution in [0.4, 0.5) is 11.4 Å². The third kappa shape index (κ3) is 3.15. The summed E-state index contributed by atoms with van der Waals surface area (Å²) in [5, 5.41) is 11.2. The van der Waals surface area contributed by atoms with Gasteiger partial charge in [0.05, 0.1) is 17.0 Å². The van der Waals surface area contributed by atoms with Gasteiger partial charge in [0, 0.05) is 21.8 Å². The van der Waals surface area contributed by atoms with E-state index in [1.165, 1.54) is 0 Å². The van der Waals surface area contributed by atoms with Gasteiger partial charge in [0.2, 0.25) is 0 Å². The fourth-order valence-corrected chi connectivity index (χ4v) is 3.71. The van der Waals surface area contributed by atoms with Crippen LogP contribution < -0.4 is 10.6 Å². The largest absolute Gasteiger partial charge is 0.390 e. The molecule has 2 heterocycles. The molecular weight excluding hydrogens is 386 g/mol. The van der Waals surface area contributed by atoms with E-state index in [2.05, 4.69) is 15.8 Å². The number of carbonyl (C=O) groups is 1. The van der Waals surface area contributed by atoms with Crippen molar-refractivity contribution in [2.75, 3.05) is 10.6 Å². The molecule has 0 aliphatic carbocycles. The van der Waals surface area contributed by atoms with Gasteiger partial charge in [-0.05, 0) is 23.8 Å². The van der Waals surface area contributed by atoms with Gasteiger partial charge >= 0.3 is 0 Å². The molecule has 0 saturated carbocycles. The first kappa shape index (κ1) is 17.5. The summed E-state index contributed by atoms with van der Waals surface area (Å²) >= 11 is 6.08. The lowest BCUT2D eigenvalue weighted by Gasteiger charge is -2.07. The monoisotopic (exact) mass is 401 g/mol. The maximum absolute atomic E-state index is 12.8. The third-order valence-electron chi connectivity index (χ3n) is 4.88. The number of amides is 1. The van der Waals surface area contributed by atoms with E-state index in [1.54, 1.807) is 12.1 Å². The molecule has 0 unspecified atom stereocenters. The van der Waals surface area contributed by atoms with E-state index in [0.717, 1.165) is 22.4 Å². The van der Waals surface area contributed by atoms with Crippen molar-refractivity contribution in [2.45, 2.75) is 6.61 Å². The normalized spacial score (nSPS) is 18.2. The van der Waals surface area contributed by atoms with Crippen molar-refractivity contribution in [3.8, 4) is 0 Å². The quantitative estimate of drug-likeness (QED) is 0.477. The predicted molar refractivity (Wildman–Crippen MR) is 115 cm³/mol. The molecule has 0 saturated heterocycles. The molecule has 3 aromatic rings. The Morgan fingerprint density at radius 2 is 1.66 bits per heavy atom. The van der Waals surface area contributed by atoms with Gasteiger partial charge in [0.1, 0.15) is 12.3 Å². The number of nitrogens with one attached hydrogen (secondary N) is 2. The van der Waals surface area contributed by atoms with Gasteiger partial charge in [-0.15, -0.1) is 0 Å². The molecule has 0 aromatic heterocycles. The first-order valence-corrected chi connectivity index (χ1v) is 9.55. The third-order valence-corrected chi connectivity index (χ3v) is 5.12. The molecule has 142 valence electrons. The number of allylic oxidation sites excluding steroid dienone is 1. The number of benzene rings is 3. The molecule has 5 rings (SSSR count). The van der Waals surface area contributed by atoms with Crippen LogP contribution in [0.1, 0.15) is 16.7 Å². The Morgan fingerprint density at radius 3 is 2.52 bits per heavy atom. The first-order chi connectivity index (χ1) is 14.2. The van der Waals surface area contributed by atoms with Crippen LogP contribution in [0.25, 0.3) is 5.57 Å². The fraction of sp³-hybridized carbons (Fsp3) is 0.0435. The van der Waals surface area contributed by atoms with Gasteiger partial charge in [-0.25, -0.2) is 0 Å². The van der Waals surface area contributed by atoms with Crippen molar-refractivity contribution in [1.82, 2.24) is 0 Å². The van der Waals surface area contributed by atoms with E-state index in [0.29, 0.717) is 34.3 Å². The van der Waals surface area contributed by atoms with Gasteiger partial charge in [-0.3, -0.25) is 4.79 Å². The van der Waals surface area contributed by atoms with E-state index in [1.807, 2.05) is 60.7 Å². The Hall–Kier alpha value is -3.57. The van der Waals surface area contributed by atoms with Crippen LogP contribution >= 0.6 is 11.6 Å². The zero-order valence-corrected chi connectivity index (χ0v) is 16.0. The number of rotatable bonds is 3. The van der Waals surface area contributed by atoms with Gasteiger partial charge in [-0.2, -0.15) is 0 Å². The summed E-state index contributed by atoms with van der Waals surface area (Å²) in [7, 11) is 0. The fourth-order valence-electron chi connectivity index (χ4n) is 3.54.